The molecular weight excluding hydrogens is 473 g/mol. The standard InChI is InChI=1S/C27H31Cl2NO4/c1-5-22(16-31)30-25(17-9-11-20(28)12-10-17)23(18-7-6-8-21(29)13-18)14-19(26(30)33)15-24(32)34-27(2,3)4/h6-13,16,19,22-23,25H,5,14-15H2,1-4H3. The molecule has 2 aromatic rings. The fourth-order valence-corrected chi connectivity index (χ4v) is 4.99. The lowest BCUT2D eigenvalue weighted by molar-refractivity contribution is -0.162. The molecule has 182 valence electrons. The van der Waals surface area contributed by atoms with Crippen molar-refractivity contribution in [2.75, 3.05) is 0 Å². The van der Waals surface area contributed by atoms with E-state index in [0.717, 1.165) is 17.4 Å². The summed E-state index contributed by atoms with van der Waals surface area (Å²) in [5.74, 6) is -1.45. The van der Waals surface area contributed by atoms with Gasteiger partial charge in [-0.3, -0.25) is 9.59 Å². The molecule has 2 aromatic carbocycles. The third-order valence-corrected chi connectivity index (χ3v) is 6.56. The largest absolute Gasteiger partial charge is 0.460 e. The smallest absolute Gasteiger partial charge is 0.307 e. The number of nitrogens with zero attached hydrogens (tertiary/aromatic N) is 1. The summed E-state index contributed by atoms with van der Waals surface area (Å²) < 4.78 is 5.51. The van der Waals surface area contributed by atoms with E-state index in [4.69, 9.17) is 27.9 Å². The lowest BCUT2D eigenvalue weighted by atomic mass is 9.74. The van der Waals surface area contributed by atoms with Crippen LogP contribution in [0.5, 0.6) is 0 Å². The first-order valence-electron chi connectivity index (χ1n) is 11.5. The Morgan fingerprint density at radius 3 is 2.35 bits per heavy atom. The summed E-state index contributed by atoms with van der Waals surface area (Å²) in [6.45, 7) is 7.26. The van der Waals surface area contributed by atoms with E-state index < -0.39 is 29.6 Å². The average Bonchev–Trinajstić information content (AvgIpc) is 2.76. The van der Waals surface area contributed by atoms with Gasteiger partial charge in [0.05, 0.1) is 18.5 Å². The van der Waals surface area contributed by atoms with Gasteiger partial charge in [0.15, 0.2) is 0 Å². The van der Waals surface area contributed by atoms with E-state index in [1.807, 2.05) is 37.3 Å². The maximum Gasteiger partial charge on any atom is 0.307 e. The molecule has 0 aliphatic carbocycles. The Hall–Kier alpha value is -2.37. The van der Waals surface area contributed by atoms with Gasteiger partial charge in [0.2, 0.25) is 5.91 Å². The topological polar surface area (TPSA) is 63.7 Å². The van der Waals surface area contributed by atoms with Crippen LogP contribution in [0.4, 0.5) is 0 Å². The highest BCUT2D eigenvalue weighted by Gasteiger charge is 2.46. The van der Waals surface area contributed by atoms with Crippen molar-refractivity contribution in [1.29, 1.82) is 0 Å². The minimum Gasteiger partial charge on any atom is -0.460 e. The van der Waals surface area contributed by atoms with E-state index in [0.29, 0.717) is 22.9 Å². The number of carbonyl (C=O) groups excluding carboxylic acids is 3. The minimum absolute atomic E-state index is 0.0493. The monoisotopic (exact) mass is 503 g/mol. The summed E-state index contributed by atoms with van der Waals surface area (Å²) in [7, 11) is 0. The molecule has 3 rings (SSSR count). The second-order valence-corrected chi connectivity index (χ2v) is 10.6. The number of benzene rings is 2. The van der Waals surface area contributed by atoms with Crippen LogP contribution in [0.2, 0.25) is 10.0 Å². The molecule has 5 nitrogen and oxygen atoms in total. The van der Waals surface area contributed by atoms with Crippen molar-refractivity contribution in [3.05, 3.63) is 69.7 Å². The van der Waals surface area contributed by atoms with Crippen LogP contribution in [-0.2, 0) is 19.1 Å². The van der Waals surface area contributed by atoms with Crippen molar-refractivity contribution in [3.8, 4) is 0 Å². The van der Waals surface area contributed by atoms with Crippen molar-refractivity contribution in [1.82, 2.24) is 4.90 Å². The van der Waals surface area contributed by atoms with Gasteiger partial charge in [-0.2, -0.15) is 0 Å². The number of hydrogen-bond donors (Lipinski definition) is 0. The number of halogens is 2. The lowest BCUT2D eigenvalue weighted by Crippen LogP contribution is -2.52. The third-order valence-electron chi connectivity index (χ3n) is 6.08. The first-order valence-corrected chi connectivity index (χ1v) is 12.3. The fraction of sp³-hybridized carbons (Fsp3) is 0.444. The number of amides is 1. The number of ether oxygens (including phenoxy) is 1. The Morgan fingerprint density at radius 2 is 1.79 bits per heavy atom. The molecule has 0 bridgehead atoms. The van der Waals surface area contributed by atoms with Crippen LogP contribution in [0.15, 0.2) is 48.5 Å². The molecule has 1 fully saturated rings. The van der Waals surface area contributed by atoms with E-state index in [-0.39, 0.29) is 18.2 Å². The molecule has 1 saturated heterocycles. The Bertz CT molecular complexity index is 1030. The van der Waals surface area contributed by atoms with Gasteiger partial charge in [-0.1, -0.05) is 54.4 Å². The molecule has 34 heavy (non-hydrogen) atoms. The van der Waals surface area contributed by atoms with Gasteiger partial charge in [0, 0.05) is 21.9 Å². The lowest BCUT2D eigenvalue weighted by Gasteiger charge is -2.47. The number of esters is 1. The van der Waals surface area contributed by atoms with Gasteiger partial charge in [-0.05, 0) is 69.0 Å². The molecular formula is C27H31Cl2NO4. The summed E-state index contributed by atoms with van der Waals surface area (Å²) in [6, 6.07) is 13.8. The number of aldehydes is 1. The Kier molecular flexibility index (Phi) is 8.43. The summed E-state index contributed by atoms with van der Waals surface area (Å²) in [4.78, 5) is 40.2. The van der Waals surface area contributed by atoms with Crippen molar-refractivity contribution in [2.24, 2.45) is 5.92 Å². The second kappa shape index (κ2) is 10.9. The predicted molar refractivity (Wildman–Crippen MR) is 134 cm³/mol. The van der Waals surface area contributed by atoms with Crippen LogP contribution < -0.4 is 0 Å². The molecule has 1 aliphatic rings. The van der Waals surface area contributed by atoms with E-state index in [9.17, 15) is 14.4 Å². The predicted octanol–water partition coefficient (Wildman–Crippen LogP) is 6.38. The average molecular weight is 504 g/mol. The van der Waals surface area contributed by atoms with Crippen LogP contribution >= 0.6 is 23.2 Å². The fourth-order valence-electron chi connectivity index (χ4n) is 4.67. The van der Waals surface area contributed by atoms with Crippen LogP contribution in [0.3, 0.4) is 0 Å². The Morgan fingerprint density at radius 1 is 1.12 bits per heavy atom. The minimum atomic E-state index is -0.651. The molecule has 7 heteroatoms. The molecule has 4 unspecified atom stereocenters. The molecule has 4 atom stereocenters. The highest BCUT2D eigenvalue weighted by atomic mass is 35.5. The van der Waals surface area contributed by atoms with Crippen molar-refractivity contribution >= 4 is 41.4 Å². The molecule has 1 amide bonds. The van der Waals surface area contributed by atoms with Gasteiger partial charge in [-0.25, -0.2) is 0 Å². The zero-order valence-electron chi connectivity index (χ0n) is 20.0. The first-order chi connectivity index (χ1) is 16.0. The van der Waals surface area contributed by atoms with E-state index in [1.165, 1.54) is 0 Å². The van der Waals surface area contributed by atoms with E-state index in [2.05, 4.69) is 0 Å². The number of piperidine rings is 1. The summed E-state index contributed by atoms with van der Waals surface area (Å²) in [5.41, 5.74) is 1.17. The van der Waals surface area contributed by atoms with Gasteiger partial charge >= 0.3 is 5.97 Å². The van der Waals surface area contributed by atoms with Crippen molar-refractivity contribution < 1.29 is 19.1 Å². The molecule has 0 radical (unpaired) electrons. The summed E-state index contributed by atoms with van der Waals surface area (Å²) in [6.07, 6.45) is 1.65. The Labute approximate surface area is 211 Å². The summed E-state index contributed by atoms with van der Waals surface area (Å²) in [5, 5.41) is 1.17. The number of hydrogen-bond acceptors (Lipinski definition) is 4. The number of likely N-dealkylation sites (tertiary alicyclic amines) is 1. The van der Waals surface area contributed by atoms with Crippen LogP contribution in [0.1, 0.15) is 70.0 Å². The Balaban J connectivity index is 2.10. The van der Waals surface area contributed by atoms with Gasteiger partial charge < -0.3 is 14.4 Å². The SMILES string of the molecule is CCC(C=O)N1C(=O)C(CC(=O)OC(C)(C)C)CC(c2cccc(Cl)c2)C1c1ccc(Cl)cc1. The van der Waals surface area contributed by atoms with Crippen molar-refractivity contribution in [3.63, 3.8) is 0 Å². The zero-order chi connectivity index (χ0) is 25.0. The van der Waals surface area contributed by atoms with Crippen LogP contribution in [0, 0.1) is 5.92 Å². The second-order valence-electron chi connectivity index (χ2n) is 9.74. The highest BCUT2D eigenvalue weighted by molar-refractivity contribution is 6.30. The maximum absolute atomic E-state index is 13.8. The van der Waals surface area contributed by atoms with Crippen LogP contribution in [0.25, 0.3) is 0 Å². The van der Waals surface area contributed by atoms with Crippen molar-refractivity contribution in [2.45, 2.75) is 70.6 Å². The van der Waals surface area contributed by atoms with E-state index in [1.54, 1.807) is 43.9 Å². The van der Waals surface area contributed by atoms with Crippen LogP contribution in [-0.4, -0.2) is 34.7 Å². The maximum atomic E-state index is 13.8. The molecule has 1 heterocycles. The molecule has 0 N–H and O–H groups in total. The molecule has 0 saturated carbocycles. The number of rotatable bonds is 7. The normalized spacial score (nSPS) is 21.8. The first kappa shape index (κ1) is 26.2. The quantitative estimate of drug-likeness (QED) is 0.325. The molecule has 1 aliphatic heterocycles. The summed E-state index contributed by atoms with van der Waals surface area (Å²) >= 11 is 12.5. The van der Waals surface area contributed by atoms with E-state index >= 15 is 0 Å². The highest BCUT2D eigenvalue weighted by Crippen LogP contribution is 2.47. The number of carbonyl (C=O) groups is 3. The zero-order valence-corrected chi connectivity index (χ0v) is 21.5. The van der Waals surface area contributed by atoms with Gasteiger partial charge in [0.25, 0.3) is 0 Å². The van der Waals surface area contributed by atoms with Gasteiger partial charge in [0.1, 0.15) is 11.9 Å². The van der Waals surface area contributed by atoms with Gasteiger partial charge in [-0.15, -0.1) is 0 Å². The molecule has 0 spiro atoms. The third kappa shape index (κ3) is 6.19. The molecule has 0 aromatic heterocycles.